The monoisotopic (exact) mass is 277 g/mol. The van der Waals surface area contributed by atoms with Gasteiger partial charge in [0, 0.05) is 32.2 Å². The van der Waals surface area contributed by atoms with Gasteiger partial charge in [0.25, 0.3) is 5.91 Å². The summed E-state index contributed by atoms with van der Waals surface area (Å²) < 4.78 is 5.30. The SMILES string of the molecule is CNC(=O)c1ccc(CN2CCOC(C(N)=O)C2)cc1. The molecule has 3 N–H and O–H groups in total. The summed E-state index contributed by atoms with van der Waals surface area (Å²) in [7, 11) is 1.61. The van der Waals surface area contributed by atoms with E-state index in [4.69, 9.17) is 10.5 Å². The highest BCUT2D eigenvalue weighted by Gasteiger charge is 2.24. The minimum absolute atomic E-state index is 0.100. The van der Waals surface area contributed by atoms with E-state index in [1.165, 1.54) is 0 Å². The smallest absolute Gasteiger partial charge is 0.251 e. The number of carbonyl (C=O) groups excluding carboxylic acids is 2. The first-order valence-corrected chi connectivity index (χ1v) is 6.54. The molecule has 6 nitrogen and oxygen atoms in total. The van der Waals surface area contributed by atoms with Gasteiger partial charge in [-0.25, -0.2) is 0 Å². The fraction of sp³-hybridized carbons (Fsp3) is 0.429. The molecule has 6 heteroatoms. The van der Waals surface area contributed by atoms with E-state index in [1.807, 2.05) is 12.1 Å². The van der Waals surface area contributed by atoms with Crippen molar-refractivity contribution >= 4 is 11.8 Å². The van der Waals surface area contributed by atoms with Crippen molar-refractivity contribution in [3.05, 3.63) is 35.4 Å². The molecule has 1 heterocycles. The molecule has 0 bridgehead atoms. The lowest BCUT2D eigenvalue weighted by Crippen LogP contribution is -2.47. The molecule has 20 heavy (non-hydrogen) atoms. The fourth-order valence-electron chi connectivity index (χ4n) is 2.18. The molecular weight excluding hydrogens is 258 g/mol. The largest absolute Gasteiger partial charge is 0.367 e. The molecular formula is C14H19N3O3. The number of nitrogens with two attached hydrogens (primary N) is 1. The number of nitrogens with one attached hydrogen (secondary N) is 1. The number of ether oxygens (including phenoxy) is 1. The summed E-state index contributed by atoms with van der Waals surface area (Å²) in [4.78, 5) is 24.7. The summed E-state index contributed by atoms with van der Waals surface area (Å²) in [5.74, 6) is -0.527. The number of rotatable bonds is 4. The molecule has 1 aromatic rings. The van der Waals surface area contributed by atoms with Crippen LogP contribution >= 0.6 is 0 Å². The number of benzene rings is 1. The third-order valence-electron chi connectivity index (χ3n) is 3.32. The molecule has 0 aliphatic carbocycles. The summed E-state index contributed by atoms with van der Waals surface area (Å²) in [6.07, 6.45) is -0.533. The van der Waals surface area contributed by atoms with Crippen LogP contribution in [0.4, 0.5) is 0 Å². The summed E-state index contributed by atoms with van der Waals surface area (Å²) >= 11 is 0. The first kappa shape index (κ1) is 14.5. The Labute approximate surface area is 117 Å². The molecule has 0 spiro atoms. The average molecular weight is 277 g/mol. The van der Waals surface area contributed by atoms with Gasteiger partial charge in [0.2, 0.25) is 5.91 Å². The van der Waals surface area contributed by atoms with Crippen LogP contribution in [-0.4, -0.2) is 49.6 Å². The Hall–Kier alpha value is -1.92. The molecule has 0 radical (unpaired) electrons. The van der Waals surface area contributed by atoms with E-state index in [-0.39, 0.29) is 5.91 Å². The van der Waals surface area contributed by atoms with Crippen LogP contribution in [0.15, 0.2) is 24.3 Å². The minimum Gasteiger partial charge on any atom is -0.367 e. The van der Waals surface area contributed by atoms with Gasteiger partial charge in [-0.3, -0.25) is 14.5 Å². The summed E-state index contributed by atoms with van der Waals surface area (Å²) in [6, 6.07) is 7.42. The van der Waals surface area contributed by atoms with Crippen LogP contribution in [0.5, 0.6) is 0 Å². The second-order valence-electron chi connectivity index (χ2n) is 4.77. The lowest BCUT2D eigenvalue weighted by atomic mass is 10.1. The summed E-state index contributed by atoms with van der Waals surface area (Å²) in [5, 5.41) is 2.58. The molecule has 0 saturated carbocycles. The van der Waals surface area contributed by atoms with E-state index in [9.17, 15) is 9.59 Å². The molecule has 1 fully saturated rings. The van der Waals surface area contributed by atoms with Crippen molar-refractivity contribution in [2.45, 2.75) is 12.6 Å². The van der Waals surface area contributed by atoms with Crippen molar-refractivity contribution in [2.24, 2.45) is 5.73 Å². The number of hydrogen-bond donors (Lipinski definition) is 2. The number of morpholine rings is 1. The van der Waals surface area contributed by atoms with E-state index >= 15 is 0 Å². The van der Waals surface area contributed by atoms with E-state index in [0.29, 0.717) is 25.3 Å². The van der Waals surface area contributed by atoms with Gasteiger partial charge in [0.05, 0.1) is 6.61 Å². The lowest BCUT2D eigenvalue weighted by Gasteiger charge is -2.31. The van der Waals surface area contributed by atoms with Gasteiger partial charge in [0.1, 0.15) is 6.10 Å². The van der Waals surface area contributed by atoms with Crippen LogP contribution in [0.25, 0.3) is 0 Å². The maximum absolute atomic E-state index is 11.4. The Morgan fingerprint density at radius 3 is 2.70 bits per heavy atom. The first-order valence-electron chi connectivity index (χ1n) is 6.54. The second kappa shape index (κ2) is 6.49. The van der Waals surface area contributed by atoms with Gasteiger partial charge in [-0.05, 0) is 17.7 Å². The molecule has 1 atom stereocenters. The quantitative estimate of drug-likeness (QED) is 0.793. The summed E-state index contributed by atoms with van der Waals surface area (Å²) in [5.41, 5.74) is 6.97. The van der Waals surface area contributed by atoms with E-state index in [1.54, 1.807) is 19.2 Å². The van der Waals surface area contributed by atoms with Gasteiger partial charge in [-0.1, -0.05) is 12.1 Å². The number of carbonyl (C=O) groups is 2. The Bertz CT molecular complexity index is 487. The molecule has 1 saturated heterocycles. The minimum atomic E-state index is -0.533. The third-order valence-corrected chi connectivity index (χ3v) is 3.32. The van der Waals surface area contributed by atoms with Gasteiger partial charge in [-0.15, -0.1) is 0 Å². The van der Waals surface area contributed by atoms with Crippen molar-refractivity contribution in [3.8, 4) is 0 Å². The molecule has 2 amide bonds. The standard InChI is InChI=1S/C14H19N3O3/c1-16-14(19)11-4-2-10(3-5-11)8-17-6-7-20-12(9-17)13(15)18/h2-5,12H,6-9H2,1H3,(H2,15,18)(H,16,19). The highest BCUT2D eigenvalue weighted by atomic mass is 16.5. The Balaban J connectivity index is 1.96. The van der Waals surface area contributed by atoms with Crippen LogP contribution in [-0.2, 0) is 16.1 Å². The van der Waals surface area contributed by atoms with E-state index in [0.717, 1.165) is 12.1 Å². The number of nitrogens with zero attached hydrogens (tertiary/aromatic N) is 1. The van der Waals surface area contributed by atoms with Crippen LogP contribution in [0.3, 0.4) is 0 Å². The average Bonchev–Trinajstić information content (AvgIpc) is 2.47. The molecule has 0 aromatic heterocycles. The van der Waals surface area contributed by atoms with Gasteiger partial charge >= 0.3 is 0 Å². The van der Waals surface area contributed by atoms with E-state index < -0.39 is 12.0 Å². The highest BCUT2D eigenvalue weighted by Crippen LogP contribution is 2.11. The molecule has 1 aliphatic heterocycles. The number of primary amides is 1. The van der Waals surface area contributed by atoms with Crippen molar-refractivity contribution < 1.29 is 14.3 Å². The van der Waals surface area contributed by atoms with Crippen LogP contribution in [0.2, 0.25) is 0 Å². The zero-order valence-electron chi connectivity index (χ0n) is 11.5. The van der Waals surface area contributed by atoms with Gasteiger partial charge < -0.3 is 15.8 Å². The maximum atomic E-state index is 11.4. The third kappa shape index (κ3) is 3.55. The number of amides is 2. The molecule has 1 unspecified atom stereocenters. The van der Waals surface area contributed by atoms with Gasteiger partial charge in [0.15, 0.2) is 0 Å². The van der Waals surface area contributed by atoms with E-state index in [2.05, 4.69) is 10.2 Å². The summed E-state index contributed by atoms with van der Waals surface area (Å²) in [6.45, 7) is 2.48. The van der Waals surface area contributed by atoms with Crippen molar-refractivity contribution in [3.63, 3.8) is 0 Å². The second-order valence-corrected chi connectivity index (χ2v) is 4.77. The van der Waals surface area contributed by atoms with Crippen molar-refractivity contribution in [1.29, 1.82) is 0 Å². The molecule has 2 rings (SSSR count). The normalized spacial score (nSPS) is 19.6. The van der Waals surface area contributed by atoms with Crippen LogP contribution in [0, 0.1) is 0 Å². The van der Waals surface area contributed by atoms with Crippen molar-refractivity contribution in [1.82, 2.24) is 10.2 Å². The number of hydrogen-bond acceptors (Lipinski definition) is 4. The predicted molar refractivity (Wildman–Crippen MR) is 74.0 cm³/mol. The molecule has 1 aliphatic rings. The zero-order chi connectivity index (χ0) is 14.5. The van der Waals surface area contributed by atoms with Gasteiger partial charge in [-0.2, -0.15) is 0 Å². The maximum Gasteiger partial charge on any atom is 0.251 e. The highest BCUT2D eigenvalue weighted by molar-refractivity contribution is 5.93. The van der Waals surface area contributed by atoms with Crippen LogP contribution < -0.4 is 11.1 Å². The Morgan fingerprint density at radius 1 is 1.40 bits per heavy atom. The van der Waals surface area contributed by atoms with Crippen LogP contribution in [0.1, 0.15) is 15.9 Å². The Kier molecular flexibility index (Phi) is 4.70. The predicted octanol–water partition coefficient (Wildman–Crippen LogP) is -0.268. The Morgan fingerprint density at radius 2 is 2.10 bits per heavy atom. The lowest BCUT2D eigenvalue weighted by molar-refractivity contribution is -0.135. The zero-order valence-corrected chi connectivity index (χ0v) is 11.5. The first-order chi connectivity index (χ1) is 9.60. The topological polar surface area (TPSA) is 84.7 Å². The van der Waals surface area contributed by atoms with Crippen molar-refractivity contribution in [2.75, 3.05) is 26.7 Å². The molecule has 1 aromatic carbocycles. The fourth-order valence-corrected chi connectivity index (χ4v) is 2.18. The molecule has 108 valence electrons.